The van der Waals surface area contributed by atoms with Gasteiger partial charge in [-0.2, -0.15) is 0 Å². The smallest absolute Gasteiger partial charge is 0.0891 e. The molecule has 306 valence electrons. The van der Waals surface area contributed by atoms with Gasteiger partial charge in [-0.15, -0.1) is 0 Å². The molecule has 0 amide bonds. The van der Waals surface area contributed by atoms with Crippen LogP contribution in [0.5, 0.6) is 0 Å². The summed E-state index contributed by atoms with van der Waals surface area (Å²) in [5.74, 6) is 12.9. The number of rotatable bonds is 24. The summed E-state index contributed by atoms with van der Waals surface area (Å²) in [5.41, 5.74) is 0. The minimum absolute atomic E-state index is 0.970. The fourth-order valence-corrected chi connectivity index (χ4v) is 17.7. The van der Waals surface area contributed by atoms with E-state index in [-0.39, 0.29) is 0 Å². The number of benzene rings is 6. The normalized spacial score (nSPS) is 11.3. The SMILES string of the molecule is C(C#CCCCCCCCCC[P+](c1ccccc1)(c1ccccc1)c1ccccc1)#CCCCCCCCCC[P+](c1ccccc1)(c1ccccc1)c1ccccc1. The lowest BCUT2D eigenvalue weighted by Gasteiger charge is -2.27. The molecule has 6 aromatic carbocycles. The Labute approximate surface area is 365 Å². The maximum absolute atomic E-state index is 3.31. The van der Waals surface area contributed by atoms with Crippen LogP contribution in [-0.4, -0.2) is 12.3 Å². The summed E-state index contributed by atoms with van der Waals surface area (Å²) >= 11 is 0. The molecule has 0 N–H and O–H groups in total. The van der Waals surface area contributed by atoms with Crippen molar-refractivity contribution in [2.45, 2.75) is 103 Å². The van der Waals surface area contributed by atoms with Crippen LogP contribution >= 0.6 is 14.5 Å². The third-order valence-electron chi connectivity index (χ3n) is 12.0. The number of unbranched alkanes of at least 4 members (excludes halogenated alkanes) is 14. The van der Waals surface area contributed by atoms with Crippen molar-refractivity contribution < 1.29 is 0 Å². The van der Waals surface area contributed by atoms with Gasteiger partial charge in [0, 0.05) is 12.8 Å². The van der Waals surface area contributed by atoms with Crippen molar-refractivity contribution in [1.82, 2.24) is 0 Å². The molecule has 0 aromatic heterocycles. The molecule has 0 atom stereocenters. The molecule has 0 bridgehead atoms. The summed E-state index contributed by atoms with van der Waals surface area (Å²) in [6.07, 6.45) is 22.3. The van der Waals surface area contributed by atoms with E-state index in [1.165, 1.54) is 134 Å². The van der Waals surface area contributed by atoms with Crippen molar-refractivity contribution in [2.75, 3.05) is 12.3 Å². The molecular weight excluding hydrogens is 759 g/mol. The predicted molar refractivity (Wildman–Crippen MR) is 269 cm³/mol. The van der Waals surface area contributed by atoms with Gasteiger partial charge in [-0.1, -0.05) is 172 Å². The lowest BCUT2D eigenvalue weighted by Crippen LogP contribution is -2.33. The molecule has 6 rings (SSSR count). The largest absolute Gasteiger partial charge is 0.112 e. The standard InChI is InChI=1S/C58H66P2/c1(3-5-7-9-11-13-15-17-37-51-59(53-39-25-19-26-40-53,54-41-27-20-28-42-54)55-43-29-21-30-44-55)2-4-6-8-10-12-14-16-18-38-52-60(56-45-31-22-32-46-56,57-47-33-23-34-48-57)58-49-35-24-36-50-58/h19-36,39-50H,5-18,37-38,51-52H2/q+2. The quantitative estimate of drug-likeness (QED) is 0.0324. The van der Waals surface area contributed by atoms with Gasteiger partial charge in [0.15, 0.2) is 0 Å². The Morgan fingerprint density at radius 1 is 0.233 bits per heavy atom. The first-order valence-corrected chi connectivity index (χ1v) is 26.8. The van der Waals surface area contributed by atoms with Crippen LogP contribution in [0.1, 0.15) is 103 Å². The summed E-state index contributed by atoms with van der Waals surface area (Å²) in [4.78, 5) is 0. The maximum Gasteiger partial charge on any atom is 0.112 e. The Bertz CT molecular complexity index is 1810. The summed E-state index contributed by atoms with van der Waals surface area (Å²) in [6.45, 7) is 0. The number of hydrogen-bond donors (Lipinski definition) is 0. The van der Waals surface area contributed by atoms with E-state index in [4.69, 9.17) is 0 Å². The molecule has 0 unspecified atom stereocenters. The van der Waals surface area contributed by atoms with Crippen LogP contribution in [-0.2, 0) is 0 Å². The summed E-state index contributed by atoms with van der Waals surface area (Å²) in [6, 6.07) is 67.8. The Morgan fingerprint density at radius 2 is 0.433 bits per heavy atom. The average molecular weight is 825 g/mol. The monoisotopic (exact) mass is 824 g/mol. The van der Waals surface area contributed by atoms with Crippen LogP contribution in [0.2, 0.25) is 0 Å². The van der Waals surface area contributed by atoms with Gasteiger partial charge in [0.25, 0.3) is 0 Å². The van der Waals surface area contributed by atoms with E-state index in [1.54, 1.807) is 0 Å². The van der Waals surface area contributed by atoms with Gasteiger partial charge >= 0.3 is 0 Å². The highest BCUT2D eigenvalue weighted by Gasteiger charge is 2.45. The van der Waals surface area contributed by atoms with Gasteiger partial charge < -0.3 is 0 Å². The van der Waals surface area contributed by atoms with E-state index in [9.17, 15) is 0 Å². The fourth-order valence-electron chi connectivity index (χ4n) is 8.87. The Hall–Kier alpha value is -4.70. The first-order chi connectivity index (χ1) is 29.8. The van der Waals surface area contributed by atoms with Crippen LogP contribution in [0, 0.1) is 23.7 Å². The van der Waals surface area contributed by atoms with Gasteiger partial charge in [-0.05, 0) is 123 Å². The summed E-state index contributed by atoms with van der Waals surface area (Å²) in [7, 11) is -3.40. The first kappa shape index (κ1) is 44.8. The second-order valence-corrected chi connectivity index (χ2v) is 23.4. The third-order valence-corrected chi connectivity index (χ3v) is 21.1. The molecule has 0 saturated heterocycles. The second kappa shape index (κ2) is 25.8. The molecule has 0 aliphatic carbocycles. The van der Waals surface area contributed by atoms with E-state index in [2.05, 4.69) is 206 Å². The molecule has 0 aliphatic heterocycles. The van der Waals surface area contributed by atoms with Gasteiger partial charge in [0.1, 0.15) is 46.4 Å². The molecule has 0 radical (unpaired) electrons. The highest BCUT2D eigenvalue weighted by molar-refractivity contribution is 7.96. The van der Waals surface area contributed by atoms with E-state index >= 15 is 0 Å². The van der Waals surface area contributed by atoms with Crippen LogP contribution < -0.4 is 31.8 Å². The van der Waals surface area contributed by atoms with Crippen molar-refractivity contribution in [3.63, 3.8) is 0 Å². The van der Waals surface area contributed by atoms with Gasteiger partial charge in [-0.25, -0.2) is 0 Å². The van der Waals surface area contributed by atoms with Gasteiger partial charge in [-0.3, -0.25) is 0 Å². The zero-order chi connectivity index (χ0) is 41.2. The van der Waals surface area contributed by atoms with Crippen LogP contribution in [0.15, 0.2) is 182 Å². The topological polar surface area (TPSA) is 0 Å². The molecule has 0 nitrogen and oxygen atoms in total. The van der Waals surface area contributed by atoms with Crippen molar-refractivity contribution in [2.24, 2.45) is 0 Å². The molecule has 6 aromatic rings. The highest BCUT2D eigenvalue weighted by atomic mass is 31.2. The van der Waals surface area contributed by atoms with Crippen molar-refractivity contribution in [3.05, 3.63) is 182 Å². The Kier molecular flexibility index (Phi) is 19.3. The molecule has 0 heterocycles. The van der Waals surface area contributed by atoms with E-state index < -0.39 is 14.5 Å². The van der Waals surface area contributed by atoms with E-state index in [0.717, 1.165) is 12.8 Å². The molecular formula is C58H66P2+2. The minimum atomic E-state index is -1.70. The van der Waals surface area contributed by atoms with E-state index in [0.29, 0.717) is 0 Å². The van der Waals surface area contributed by atoms with E-state index in [1.807, 2.05) is 0 Å². The van der Waals surface area contributed by atoms with Crippen molar-refractivity contribution in [1.29, 1.82) is 0 Å². The van der Waals surface area contributed by atoms with Crippen LogP contribution in [0.3, 0.4) is 0 Å². The Balaban J connectivity index is 0.819. The third kappa shape index (κ3) is 12.9. The molecule has 0 aliphatic rings. The Morgan fingerprint density at radius 3 is 0.667 bits per heavy atom. The molecule has 60 heavy (non-hydrogen) atoms. The summed E-state index contributed by atoms with van der Waals surface area (Å²) in [5, 5.41) is 8.98. The average Bonchev–Trinajstić information content (AvgIpc) is 3.32. The zero-order valence-corrected chi connectivity index (χ0v) is 37.7. The predicted octanol–water partition coefficient (Wildman–Crippen LogP) is 13.2. The van der Waals surface area contributed by atoms with Crippen LogP contribution in [0.4, 0.5) is 0 Å². The lowest BCUT2D eigenvalue weighted by molar-refractivity contribution is 0.595. The second-order valence-electron chi connectivity index (χ2n) is 16.1. The number of hydrogen-bond acceptors (Lipinski definition) is 0. The summed E-state index contributed by atoms with van der Waals surface area (Å²) < 4.78 is 0. The molecule has 0 saturated carbocycles. The van der Waals surface area contributed by atoms with Crippen molar-refractivity contribution in [3.8, 4) is 23.7 Å². The van der Waals surface area contributed by atoms with Crippen molar-refractivity contribution >= 4 is 46.4 Å². The van der Waals surface area contributed by atoms with Gasteiger partial charge in [0.2, 0.25) is 0 Å². The molecule has 2 heteroatoms. The maximum atomic E-state index is 3.31. The highest BCUT2D eigenvalue weighted by Crippen LogP contribution is 2.57. The lowest BCUT2D eigenvalue weighted by atomic mass is 10.1. The fraction of sp³-hybridized carbons (Fsp3) is 0.310. The van der Waals surface area contributed by atoms with Crippen LogP contribution in [0.25, 0.3) is 0 Å². The minimum Gasteiger partial charge on any atom is -0.0891 e. The van der Waals surface area contributed by atoms with Gasteiger partial charge in [0.05, 0.1) is 12.3 Å². The molecule has 0 spiro atoms. The molecule has 0 fully saturated rings. The first-order valence-electron chi connectivity index (χ1n) is 22.9. The zero-order valence-electron chi connectivity index (χ0n) is 35.9.